The van der Waals surface area contributed by atoms with Gasteiger partial charge in [-0.1, -0.05) is 62.9 Å². The van der Waals surface area contributed by atoms with Crippen molar-refractivity contribution in [1.29, 1.82) is 0 Å². The van der Waals surface area contributed by atoms with Crippen LogP contribution in [0, 0.1) is 0 Å². The lowest BCUT2D eigenvalue weighted by molar-refractivity contribution is 0.0687. The van der Waals surface area contributed by atoms with Crippen LogP contribution < -0.4 is 0 Å². The van der Waals surface area contributed by atoms with Crippen molar-refractivity contribution in [2.24, 2.45) is 0 Å². The minimum absolute atomic E-state index is 0.0644. The highest BCUT2D eigenvalue weighted by molar-refractivity contribution is 5.96. The quantitative estimate of drug-likeness (QED) is 0.482. The Balaban J connectivity index is 2.36. The number of hydrogen-bond acceptors (Lipinski definition) is 2. The molecular weight excluding hydrogens is 224 g/mol. The molecule has 1 aromatic carbocycles. The molecule has 1 atom stereocenters. The molecule has 0 saturated heterocycles. The van der Waals surface area contributed by atoms with Gasteiger partial charge in [-0.05, 0) is 6.42 Å². The van der Waals surface area contributed by atoms with Crippen LogP contribution in [0.4, 0.5) is 0 Å². The van der Waals surface area contributed by atoms with Crippen LogP contribution in [0.3, 0.4) is 0 Å². The number of carbonyl (C=O) groups excluding carboxylic acids is 1. The zero-order valence-electron chi connectivity index (χ0n) is 11.5. The fraction of sp³-hybridized carbons (Fsp3) is 0.562. The summed E-state index contributed by atoms with van der Waals surface area (Å²) in [6.45, 7) is 2.20. The fourth-order valence-corrected chi connectivity index (χ4v) is 2.05. The lowest BCUT2D eigenvalue weighted by atomic mass is 10.0. The molecule has 1 rings (SSSR count). The zero-order chi connectivity index (χ0) is 13.2. The first-order chi connectivity index (χ1) is 8.77. The van der Waals surface area contributed by atoms with Gasteiger partial charge in [-0.15, -0.1) is 0 Å². The Bertz CT molecular complexity index is 332. The van der Waals surface area contributed by atoms with Crippen LogP contribution >= 0.6 is 0 Å². The first kappa shape index (κ1) is 14.9. The van der Waals surface area contributed by atoms with Gasteiger partial charge in [0.2, 0.25) is 0 Å². The van der Waals surface area contributed by atoms with E-state index < -0.39 is 0 Å². The summed E-state index contributed by atoms with van der Waals surface area (Å²) in [5.41, 5.74) is 0.785. The van der Waals surface area contributed by atoms with Gasteiger partial charge in [-0.25, -0.2) is 0 Å². The fourth-order valence-electron chi connectivity index (χ4n) is 2.05. The normalized spacial score (nSPS) is 12.3. The van der Waals surface area contributed by atoms with Crippen LogP contribution in [-0.2, 0) is 4.74 Å². The van der Waals surface area contributed by atoms with Crippen molar-refractivity contribution >= 4 is 5.78 Å². The highest BCUT2D eigenvalue weighted by Gasteiger charge is 2.14. The molecule has 0 saturated carbocycles. The van der Waals surface area contributed by atoms with Crippen molar-refractivity contribution in [2.45, 2.75) is 51.6 Å². The Morgan fingerprint density at radius 2 is 1.89 bits per heavy atom. The smallest absolute Gasteiger partial charge is 0.165 e. The van der Waals surface area contributed by atoms with Gasteiger partial charge in [-0.3, -0.25) is 4.79 Å². The second-order valence-corrected chi connectivity index (χ2v) is 4.70. The summed E-state index contributed by atoms with van der Waals surface area (Å²) in [6.07, 6.45) is 6.42. The Morgan fingerprint density at radius 1 is 1.17 bits per heavy atom. The van der Waals surface area contributed by atoms with Crippen LogP contribution in [0.2, 0.25) is 0 Å². The molecule has 2 nitrogen and oxygen atoms in total. The molecule has 18 heavy (non-hydrogen) atoms. The predicted molar refractivity (Wildman–Crippen MR) is 74.9 cm³/mol. The van der Waals surface area contributed by atoms with E-state index in [1.807, 2.05) is 30.3 Å². The molecule has 0 bridgehead atoms. The second kappa shape index (κ2) is 8.87. The number of ketones is 1. The lowest BCUT2D eigenvalue weighted by Gasteiger charge is -2.14. The van der Waals surface area contributed by atoms with Crippen LogP contribution in [0.15, 0.2) is 30.3 Å². The number of carbonyl (C=O) groups is 1. The molecule has 0 N–H and O–H groups in total. The molecule has 0 aliphatic carbocycles. The van der Waals surface area contributed by atoms with Gasteiger partial charge >= 0.3 is 0 Å². The maximum atomic E-state index is 12.0. The Labute approximate surface area is 110 Å². The number of rotatable bonds is 9. The summed E-state index contributed by atoms with van der Waals surface area (Å²) in [5, 5.41) is 0. The molecule has 1 aromatic rings. The first-order valence-corrected chi connectivity index (χ1v) is 6.89. The molecule has 0 aromatic heterocycles. The Morgan fingerprint density at radius 3 is 2.50 bits per heavy atom. The minimum atomic E-state index is 0.0644. The molecule has 0 spiro atoms. The van der Waals surface area contributed by atoms with Gasteiger partial charge in [0.15, 0.2) is 5.78 Å². The van der Waals surface area contributed by atoms with Crippen molar-refractivity contribution < 1.29 is 9.53 Å². The maximum Gasteiger partial charge on any atom is 0.165 e. The zero-order valence-corrected chi connectivity index (χ0v) is 11.5. The molecule has 0 aliphatic rings. The average Bonchev–Trinajstić information content (AvgIpc) is 2.43. The summed E-state index contributed by atoms with van der Waals surface area (Å²) in [4.78, 5) is 12.0. The third kappa shape index (κ3) is 5.46. The highest BCUT2D eigenvalue weighted by Crippen LogP contribution is 2.13. The largest absolute Gasteiger partial charge is 0.381 e. The SMILES string of the molecule is CCCCCCC(CC(=O)c1ccccc1)OC. The van der Waals surface area contributed by atoms with E-state index in [0.717, 1.165) is 18.4 Å². The van der Waals surface area contributed by atoms with E-state index in [0.29, 0.717) is 6.42 Å². The number of unbranched alkanes of at least 4 members (excludes halogenated alkanes) is 3. The summed E-state index contributed by atoms with van der Waals surface area (Å²) in [7, 11) is 1.70. The molecule has 0 aliphatic heterocycles. The summed E-state index contributed by atoms with van der Waals surface area (Å²) < 4.78 is 5.40. The van der Waals surface area contributed by atoms with Crippen LogP contribution in [0.5, 0.6) is 0 Å². The number of hydrogen-bond donors (Lipinski definition) is 0. The van der Waals surface area contributed by atoms with Crippen molar-refractivity contribution in [3.8, 4) is 0 Å². The third-order valence-electron chi connectivity index (χ3n) is 3.22. The molecule has 100 valence electrons. The van der Waals surface area contributed by atoms with Crippen LogP contribution in [0.25, 0.3) is 0 Å². The van der Waals surface area contributed by atoms with Crippen LogP contribution in [-0.4, -0.2) is 19.0 Å². The highest BCUT2D eigenvalue weighted by atomic mass is 16.5. The Kier molecular flexibility index (Phi) is 7.35. The van der Waals surface area contributed by atoms with Gasteiger partial charge in [-0.2, -0.15) is 0 Å². The topological polar surface area (TPSA) is 26.3 Å². The van der Waals surface area contributed by atoms with Gasteiger partial charge in [0, 0.05) is 19.1 Å². The molecule has 1 unspecified atom stereocenters. The Hall–Kier alpha value is -1.15. The van der Waals surface area contributed by atoms with E-state index in [1.165, 1.54) is 19.3 Å². The van der Waals surface area contributed by atoms with Crippen molar-refractivity contribution in [3.63, 3.8) is 0 Å². The standard InChI is InChI=1S/C16H24O2/c1-3-4-5-9-12-15(18-2)13-16(17)14-10-7-6-8-11-14/h6-8,10-11,15H,3-5,9,12-13H2,1-2H3. The predicted octanol–water partition coefficient (Wildman–Crippen LogP) is 4.24. The minimum Gasteiger partial charge on any atom is -0.381 e. The number of benzene rings is 1. The third-order valence-corrected chi connectivity index (χ3v) is 3.22. The number of methoxy groups -OCH3 is 1. The van der Waals surface area contributed by atoms with Gasteiger partial charge in [0.25, 0.3) is 0 Å². The van der Waals surface area contributed by atoms with E-state index in [1.54, 1.807) is 7.11 Å². The van der Waals surface area contributed by atoms with E-state index in [4.69, 9.17) is 4.74 Å². The van der Waals surface area contributed by atoms with Crippen molar-refractivity contribution in [1.82, 2.24) is 0 Å². The second-order valence-electron chi connectivity index (χ2n) is 4.70. The summed E-state index contributed by atoms with van der Waals surface area (Å²) in [6, 6.07) is 9.46. The lowest BCUT2D eigenvalue weighted by Crippen LogP contribution is -2.16. The van der Waals surface area contributed by atoms with E-state index >= 15 is 0 Å². The van der Waals surface area contributed by atoms with Crippen molar-refractivity contribution in [3.05, 3.63) is 35.9 Å². The molecule has 0 radical (unpaired) electrons. The molecular formula is C16H24O2. The van der Waals surface area contributed by atoms with Gasteiger partial charge < -0.3 is 4.74 Å². The summed E-state index contributed by atoms with van der Waals surface area (Å²) >= 11 is 0. The summed E-state index contributed by atoms with van der Waals surface area (Å²) in [5.74, 6) is 0.179. The average molecular weight is 248 g/mol. The number of ether oxygens (including phenoxy) is 1. The molecule has 0 amide bonds. The van der Waals surface area contributed by atoms with E-state index in [-0.39, 0.29) is 11.9 Å². The maximum absolute atomic E-state index is 12.0. The van der Waals surface area contributed by atoms with Gasteiger partial charge in [0.1, 0.15) is 0 Å². The molecule has 0 fully saturated rings. The van der Waals surface area contributed by atoms with Crippen LogP contribution in [0.1, 0.15) is 55.8 Å². The van der Waals surface area contributed by atoms with Gasteiger partial charge in [0.05, 0.1) is 6.10 Å². The molecule has 0 heterocycles. The monoisotopic (exact) mass is 248 g/mol. The van der Waals surface area contributed by atoms with E-state index in [9.17, 15) is 4.79 Å². The first-order valence-electron chi connectivity index (χ1n) is 6.89. The number of Topliss-reactive ketones (excluding diaryl/α,β-unsaturated/α-hetero) is 1. The van der Waals surface area contributed by atoms with Crippen molar-refractivity contribution in [2.75, 3.05) is 7.11 Å². The van der Waals surface area contributed by atoms with E-state index in [2.05, 4.69) is 6.92 Å². The molecule has 2 heteroatoms.